The number of fused-ring (bicyclic) bond motifs is 1. The second kappa shape index (κ2) is 7.82. The normalized spacial score (nSPS) is 14.1. The summed E-state index contributed by atoms with van der Waals surface area (Å²) >= 11 is 0. The summed E-state index contributed by atoms with van der Waals surface area (Å²) in [6.07, 6.45) is 2.82. The van der Waals surface area contributed by atoms with Gasteiger partial charge in [-0.2, -0.15) is 0 Å². The van der Waals surface area contributed by atoms with Gasteiger partial charge in [0.2, 0.25) is 0 Å². The number of ether oxygens (including phenoxy) is 1. The zero-order valence-electron chi connectivity index (χ0n) is 15.8. The van der Waals surface area contributed by atoms with E-state index in [9.17, 15) is 4.79 Å². The predicted octanol–water partition coefficient (Wildman–Crippen LogP) is 3.56. The van der Waals surface area contributed by atoms with Gasteiger partial charge < -0.3 is 9.64 Å². The van der Waals surface area contributed by atoms with Crippen LogP contribution in [0.1, 0.15) is 24.8 Å². The van der Waals surface area contributed by atoms with E-state index < -0.39 is 6.09 Å². The molecule has 0 unspecified atom stereocenters. The van der Waals surface area contributed by atoms with E-state index in [2.05, 4.69) is 23.1 Å². The Hall–Kier alpha value is -3.19. The summed E-state index contributed by atoms with van der Waals surface area (Å²) in [4.78, 5) is 23.6. The van der Waals surface area contributed by atoms with E-state index in [0.29, 0.717) is 17.1 Å². The van der Waals surface area contributed by atoms with E-state index in [0.717, 1.165) is 48.2 Å². The lowest BCUT2D eigenvalue weighted by Gasteiger charge is -2.29. The number of hydrogen-bond acceptors (Lipinski definition) is 6. The van der Waals surface area contributed by atoms with Gasteiger partial charge >= 0.3 is 6.09 Å². The molecule has 1 saturated heterocycles. The van der Waals surface area contributed by atoms with Crippen LogP contribution >= 0.6 is 0 Å². The SMILES string of the molecule is Cc1ccc2c(N3CCCCC3)nc(-c3ccccc3OC(=O)NN)nc2c1. The molecule has 0 atom stereocenters. The van der Waals surface area contributed by atoms with Crippen molar-refractivity contribution < 1.29 is 9.53 Å². The number of carbonyl (C=O) groups excluding carboxylic acids is 1. The molecule has 0 bridgehead atoms. The number of para-hydroxylation sites is 1. The summed E-state index contributed by atoms with van der Waals surface area (Å²) in [6.45, 7) is 4.00. The molecule has 4 rings (SSSR count). The number of hydrogen-bond donors (Lipinski definition) is 2. The standard InChI is InChI=1S/C21H23N5O2/c1-14-9-10-15-17(13-14)23-19(24-20(15)26-11-5-2-6-12-26)16-7-3-4-8-18(16)28-21(27)25-22/h3-4,7-10,13H,2,5-6,11-12,22H2,1H3,(H,25,27). The van der Waals surface area contributed by atoms with Crippen LogP contribution in [0.2, 0.25) is 0 Å². The van der Waals surface area contributed by atoms with Gasteiger partial charge in [-0.1, -0.05) is 18.2 Å². The van der Waals surface area contributed by atoms with E-state index >= 15 is 0 Å². The quantitative estimate of drug-likeness (QED) is 0.412. The first kappa shape index (κ1) is 18.2. The Kier molecular flexibility index (Phi) is 5.08. The molecule has 0 radical (unpaired) electrons. The molecule has 0 saturated carbocycles. The van der Waals surface area contributed by atoms with Crippen LogP contribution in [0.5, 0.6) is 5.75 Å². The fourth-order valence-corrected chi connectivity index (χ4v) is 3.56. The molecular weight excluding hydrogens is 354 g/mol. The average molecular weight is 377 g/mol. The number of hydrazine groups is 1. The van der Waals surface area contributed by atoms with Gasteiger partial charge in [0.1, 0.15) is 11.6 Å². The number of nitrogens with two attached hydrogens (primary N) is 1. The number of carbonyl (C=O) groups is 1. The first-order chi connectivity index (χ1) is 13.7. The molecule has 0 aliphatic carbocycles. The van der Waals surface area contributed by atoms with Crippen molar-refractivity contribution in [1.82, 2.24) is 15.4 Å². The third-order valence-electron chi connectivity index (χ3n) is 4.94. The molecule has 1 aliphatic heterocycles. The van der Waals surface area contributed by atoms with Gasteiger partial charge in [-0.05, 0) is 56.0 Å². The number of piperidine rings is 1. The van der Waals surface area contributed by atoms with Crippen molar-refractivity contribution in [3.05, 3.63) is 48.0 Å². The van der Waals surface area contributed by atoms with Gasteiger partial charge in [-0.25, -0.2) is 20.6 Å². The minimum Gasteiger partial charge on any atom is -0.409 e. The third kappa shape index (κ3) is 3.61. The highest BCUT2D eigenvalue weighted by Crippen LogP contribution is 2.33. The van der Waals surface area contributed by atoms with Crippen LogP contribution in [0.3, 0.4) is 0 Å². The van der Waals surface area contributed by atoms with Crippen LogP contribution in [-0.2, 0) is 0 Å². The fraction of sp³-hybridized carbons (Fsp3) is 0.286. The largest absolute Gasteiger partial charge is 0.426 e. The topological polar surface area (TPSA) is 93.4 Å². The second-order valence-corrected chi connectivity index (χ2v) is 6.97. The molecule has 7 nitrogen and oxygen atoms in total. The van der Waals surface area contributed by atoms with Crippen LogP contribution in [0, 0.1) is 6.92 Å². The van der Waals surface area contributed by atoms with E-state index in [4.69, 9.17) is 20.5 Å². The Morgan fingerprint density at radius 3 is 2.68 bits per heavy atom. The van der Waals surface area contributed by atoms with Crippen molar-refractivity contribution in [3.8, 4) is 17.1 Å². The van der Waals surface area contributed by atoms with Crippen molar-refractivity contribution >= 4 is 22.8 Å². The molecule has 28 heavy (non-hydrogen) atoms. The lowest BCUT2D eigenvalue weighted by atomic mass is 10.1. The van der Waals surface area contributed by atoms with Crippen LogP contribution in [0.4, 0.5) is 10.6 Å². The number of rotatable bonds is 3. The maximum atomic E-state index is 11.6. The van der Waals surface area contributed by atoms with E-state index in [1.807, 2.05) is 24.5 Å². The highest BCUT2D eigenvalue weighted by molar-refractivity contribution is 5.92. The fourth-order valence-electron chi connectivity index (χ4n) is 3.56. The highest BCUT2D eigenvalue weighted by Gasteiger charge is 2.19. The van der Waals surface area contributed by atoms with E-state index in [-0.39, 0.29) is 0 Å². The molecule has 1 fully saturated rings. The number of nitrogens with one attached hydrogen (secondary N) is 1. The second-order valence-electron chi connectivity index (χ2n) is 6.97. The van der Waals surface area contributed by atoms with Crippen molar-refractivity contribution in [2.45, 2.75) is 26.2 Å². The van der Waals surface area contributed by atoms with Crippen molar-refractivity contribution in [3.63, 3.8) is 0 Å². The van der Waals surface area contributed by atoms with Crippen LogP contribution in [0.25, 0.3) is 22.3 Å². The molecule has 2 aromatic carbocycles. The van der Waals surface area contributed by atoms with Crippen molar-refractivity contribution in [1.29, 1.82) is 0 Å². The Morgan fingerprint density at radius 1 is 1.11 bits per heavy atom. The molecule has 7 heteroatoms. The lowest BCUT2D eigenvalue weighted by molar-refractivity contribution is 0.201. The maximum absolute atomic E-state index is 11.6. The molecule has 1 aliphatic rings. The monoisotopic (exact) mass is 377 g/mol. The van der Waals surface area contributed by atoms with Gasteiger partial charge in [0.25, 0.3) is 0 Å². The van der Waals surface area contributed by atoms with Gasteiger partial charge in [-0.3, -0.25) is 5.43 Å². The summed E-state index contributed by atoms with van der Waals surface area (Å²) in [5.41, 5.74) is 4.64. The van der Waals surface area contributed by atoms with Gasteiger partial charge in [-0.15, -0.1) is 0 Å². The summed E-state index contributed by atoms with van der Waals surface area (Å²) in [5, 5.41) is 1.04. The van der Waals surface area contributed by atoms with Gasteiger partial charge in [0, 0.05) is 18.5 Å². The van der Waals surface area contributed by atoms with Crippen LogP contribution in [-0.4, -0.2) is 29.2 Å². The number of aryl methyl sites for hydroxylation is 1. The maximum Gasteiger partial charge on any atom is 0.426 e. The average Bonchev–Trinajstić information content (AvgIpc) is 2.73. The van der Waals surface area contributed by atoms with E-state index in [1.165, 1.54) is 6.42 Å². The summed E-state index contributed by atoms with van der Waals surface area (Å²) in [5.74, 6) is 6.98. The predicted molar refractivity (Wildman–Crippen MR) is 109 cm³/mol. The molecule has 2 heterocycles. The molecule has 144 valence electrons. The first-order valence-electron chi connectivity index (χ1n) is 9.47. The smallest absolute Gasteiger partial charge is 0.409 e. The highest BCUT2D eigenvalue weighted by atomic mass is 16.6. The van der Waals surface area contributed by atoms with Gasteiger partial charge in [0.05, 0.1) is 11.1 Å². The number of amides is 1. The van der Waals surface area contributed by atoms with Crippen LogP contribution in [0.15, 0.2) is 42.5 Å². The molecule has 1 aromatic heterocycles. The van der Waals surface area contributed by atoms with Crippen LogP contribution < -0.4 is 20.9 Å². The molecular formula is C21H23N5O2. The van der Waals surface area contributed by atoms with E-state index in [1.54, 1.807) is 12.1 Å². The lowest BCUT2D eigenvalue weighted by Crippen LogP contribution is -2.33. The first-order valence-corrected chi connectivity index (χ1v) is 9.47. The van der Waals surface area contributed by atoms with Crippen molar-refractivity contribution in [2.75, 3.05) is 18.0 Å². The minimum absolute atomic E-state index is 0.363. The van der Waals surface area contributed by atoms with Crippen molar-refractivity contribution in [2.24, 2.45) is 5.84 Å². The Balaban J connectivity index is 1.87. The third-order valence-corrected chi connectivity index (χ3v) is 4.94. The Labute approximate surface area is 163 Å². The molecule has 0 spiro atoms. The summed E-state index contributed by atoms with van der Waals surface area (Å²) < 4.78 is 5.30. The molecule has 3 N–H and O–H groups in total. The number of benzene rings is 2. The molecule has 3 aromatic rings. The molecule has 1 amide bonds. The number of anilines is 1. The van der Waals surface area contributed by atoms with Gasteiger partial charge in [0.15, 0.2) is 5.82 Å². The minimum atomic E-state index is -0.736. The Bertz CT molecular complexity index is 1010. The zero-order valence-corrected chi connectivity index (χ0v) is 15.8. The number of aromatic nitrogens is 2. The Morgan fingerprint density at radius 2 is 1.89 bits per heavy atom. The zero-order chi connectivity index (χ0) is 19.5. The summed E-state index contributed by atoms with van der Waals surface area (Å²) in [6, 6.07) is 13.4. The number of nitrogens with zero attached hydrogens (tertiary/aromatic N) is 3. The summed E-state index contributed by atoms with van der Waals surface area (Å²) in [7, 11) is 0.